The van der Waals surface area contributed by atoms with E-state index in [-0.39, 0.29) is 0 Å². The minimum absolute atomic E-state index is 0.702. The van der Waals surface area contributed by atoms with Crippen molar-refractivity contribution in [1.29, 1.82) is 0 Å². The van der Waals surface area contributed by atoms with E-state index in [2.05, 4.69) is 44.9 Å². The van der Waals surface area contributed by atoms with Gasteiger partial charge in [-0.15, -0.1) is 0 Å². The molecule has 120 valence electrons. The predicted molar refractivity (Wildman–Crippen MR) is 91.8 cm³/mol. The minimum atomic E-state index is 0.702. The first-order chi connectivity index (χ1) is 11.7. The Bertz CT molecular complexity index is 975. The molecule has 0 radical (unpaired) electrons. The molecule has 0 fully saturated rings. The van der Waals surface area contributed by atoms with Gasteiger partial charge in [0.1, 0.15) is 0 Å². The number of rotatable bonds is 4. The van der Waals surface area contributed by atoms with E-state index < -0.39 is 0 Å². The Hall–Kier alpha value is -3.15. The van der Waals surface area contributed by atoms with Crippen LogP contribution in [-0.4, -0.2) is 28.9 Å². The number of hydrogen-bond acceptors (Lipinski definition) is 3. The van der Waals surface area contributed by atoms with Crippen molar-refractivity contribution in [3.05, 3.63) is 72.6 Å². The molecule has 0 bridgehead atoms. The predicted octanol–water partition coefficient (Wildman–Crippen LogP) is 2.83. The fourth-order valence-corrected chi connectivity index (χ4v) is 2.81. The van der Waals surface area contributed by atoms with Crippen LogP contribution in [0.5, 0.6) is 0 Å². The van der Waals surface area contributed by atoms with Gasteiger partial charge in [-0.25, -0.2) is 14.6 Å². The average Bonchev–Trinajstić information content (AvgIpc) is 3.30. The third-order valence-electron chi connectivity index (χ3n) is 4.09. The molecule has 3 heterocycles. The number of aryl methyl sites for hydroxylation is 2. The highest BCUT2D eigenvalue weighted by atomic mass is 15.3. The summed E-state index contributed by atoms with van der Waals surface area (Å²) in [7, 11) is 1.97. The van der Waals surface area contributed by atoms with Gasteiger partial charge in [-0.2, -0.15) is 5.10 Å². The molecule has 0 unspecified atom stereocenters. The lowest BCUT2D eigenvalue weighted by atomic mass is 10.2. The van der Waals surface area contributed by atoms with E-state index in [0.29, 0.717) is 6.54 Å². The second-order valence-electron chi connectivity index (χ2n) is 5.82. The van der Waals surface area contributed by atoms with E-state index in [9.17, 15) is 0 Å². The van der Waals surface area contributed by atoms with Crippen molar-refractivity contribution >= 4 is 0 Å². The number of nitrogens with zero attached hydrogens (tertiary/aromatic N) is 6. The van der Waals surface area contributed by atoms with Crippen LogP contribution in [-0.2, 0) is 13.6 Å². The average molecular weight is 318 g/mol. The molecular weight excluding hydrogens is 300 g/mol. The first-order valence-corrected chi connectivity index (χ1v) is 7.81. The van der Waals surface area contributed by atoms with Crippen molar-refractivity contribution in [2.45, 2.75) is 13.5 Å². The Balaban J connectivity index is 1.63. The van der Waals surface area contributed by atoms with Crippen LogP contribution < -0.4 is 0 Å². The van der Waals surface area contributed by atoms with Gasteiger partial charge in [-0.05, 0) is 18.6 Å². The Kier molecular flexibility index (Phi) is 3.49. The van der Waals surface area contributed by atoms with Gasteiger partial charge in [-0.1, -0.05) is 18.2 Å². The molecule has 24 heavy (non-hydrogen) atoms. The first-order valence-electron chi connectivity index (χ1n) is 7.81. The summed E-state index contributed by atoms with van der Waals surface area (Å²) in [5, 5.41) is 4.50. The highest BCUT2D eigenvalue weighted by Crippen LogP contribution is 2.17. The van der Waals surface area contributed by atoms with Gasteiger partial charge < -0.3 is 9.13 Å². The lowest BCUT2D eigenvalue weighted by molar-refractivity contribution is 0.785. The third-order valence-corrected chi connectivity index (χ3v) is 4.09. The normalized spacial score (nSPS) is 11.1. The molecule has 0 spiro atoms. The molecule has 0 saturated carbocycles. The quantitative estimate of drug-likeness (QED) is 0.581. The van der Waals surface area contributed by atoms with E-state index in [1.165, 1.54) is 5.56 Å². The lowest BCUT2D eigenvalue weighted by Crippen LogP contribution is -2.04. The highest BCUT2D eigenvalue weighted by molar-refractivity contribution is 5.45. The smallest absolute Gasteiger partial charge is 0.176 e. The van der Waals surface area contributed by atoms with E-state index in [0.717, 1.165) is 22.9 Å². The van der Waals surface area contributed by atoms with Crippen molar-refractivity contribution in [2.75, 3.05) is 0 Å². The zero-order valence-electron chi connectivity index (χ0n) is 13.7. The molecule has 0 aliphatic carbocycles. The van der Waals surface area contributed by atoms with Crippen LogP contribution in [0.4, 0.5) is 0 Å². The highest BCUT2D eigenvalue weighted by Gasteiger charge is 2.12. The van der Waals surface area contributed by atoms with Gasteiger partial charge in [0.2, 0.25) is 0 Å². The van der Waals surface area contributed by atoms with Crippen molar-refractivity contribution < 1.29 is 0 Å². The maximum Gasteiger partial charge on any atom is 0.176 e. The van der Waals surface area contributed by atoms with Gasteiger partial charge in [0.05, 0.1) is 18.4 Å². The Morgan fingerprint density at radius 1 is 1.00 bits per heavy atom. The standard InChI is InChI=1S/C18H18N6/c1-14-5-3-4-6-16(14)24-13-15(11-21-24)12-23-10-8-20-18(23)17-19-7-9-22(17)2/h3-11,13H,12H2,1-2H3. The summed E-state index contributed by atoms with van der Waals surface area (Å²) >= 11 is 0. The fourth-order valence-electron chi connectivity index (χ4n) is 2.81. The summed E-state index contributed by atoms with van der Waals surface area (Å²) in [6.07, 6.45) is 11.4. The summed E-state index contributed by atoms with van der Waals surface area (Å²) in [6.45, 7) is 2.79. The number of benzene rings is 1. The van der Waals surface area contributed by atoms with Gasteiger partial charge in [0, 0.05) is 43.6 Å². The molecule has 4 aromatic rings. The van der Waals surface area contributed by atoms with Gasteiger partial charge in [-0.3, -0.25) is 0 Å². The summed E-state index contributed by atoms with van der Waals surface area (Å²) in [5.41, 5.74) is 3.41. The Morgan fingerprint density at radius 3 is 2.58 bits per heavy atom. The lowest BCUT2D eigenvalue weighted by Gasteiger charge is -2.07. The molecule has 0 atom stereocenters. The number of aromatic nitrogens is 6. The van der Waals surface area contributed by atoms with E-state index >= 15 is 0 Å². The van der Waals surface area contributed by atoms with Crippen LogP contribution in [0.1, 0.15) is 11.1 Å². The summed E-state index contributed by atoms with van der Waals surface area (Å²) in [6, 6.07) is 8.22. The van der Waals surface area contributed by atoms with Crippen LogP contribution in [0, 0.1) is 6.92 Å². The second kappa shape index (κ2) is 5.81. The third kappa shape index (κ3) is 2.52. The minimum Gasteiger partial charge on any atom is -0.331 e. The maximum atomic E-state index is 4.50. The summed E-state index contributed by atoms with van der Waals surface area (Å²) < 4.78 is 5.97. The summed E-state index contributed by atoms with van der Waals surface area (Å²) in [4.78, 5) is 8.83. The second-order valence-corrected chi connectivity index (χ2v) is 5.82. The molecule has 3 aromatic heterocycles. The van der Waals surface area contributed by atoms with Crippen molar-refractivity contribution in [3.8, 4) is 17.3 Å². The van der Waals surface area contributed by atoms with Crippen LogP contribution in [0.15, 0.2) is 61.4 Å². The largest absolute Gasteiger partial charge is 0.331 e. The Morgan fingerprint density at radius 2 is 1.79 bits per heavy atom. The molecule has 4 rings (SSSR count). The van der Waals surface area contributed by atoms with Crippen molar-refractivity contribution in [1.82, 2.24) is 28.9 Å². The van der Waals surface area contributed by atoms with E-state index in [1.54, 1.807) is 12.4 Å². The topological polar surface area (TPSA) is 53.5 Å². The fraction of sp³-hybridized carbons (Fsp3) is 0.167. The SMILES string of the molecule is Cc1ccccc1-n1cc(Cn2ccnc2-c2nccn2C)cn1. The summed E-state index contributed by atoms with van der Waals surface area (Å²) in [5.74, 6) is 1.71. The number of para-hydroxylation sites is 1. The van der Waals surface area contributed by atoms with Crippen molar-refractivity contribution in [3.63, 3.8) is 0 Å². The molecule has 0 N–H and O–H groups in total. The molecule has 0 aliphatic rings. The number of imidazole rings is 2. The zero-order chi connectivity index (χ0) is 16.5. The molecule has 0 amide bonds. The monoisotopic (exact) mass is 318 g/mol. The molecule has 1 aromatic carbocycles. The van der Waals surface area contributed by atoms with Crippen LogP contribution in [0.25, 0.3) is 17.3 Å². The van der Waals surface area contributed by atoms with Crippen LogP contribution >= 0.6 is 0 Å². The maximum absolute atomic E-state index is 4.50. The molecule has 6 heteroatoms. The molecule has 6 nitrogen and oxygen atoms in total. The zero-order valence-corrected chi connectivity index (χ0v) is 13.7. The Labute approximate surface area is 140 Å². The molecular formula is C18H18N6. The van der Waals surface area contributed by atoms with Crippen molar-refractivity contribution in [2.24, 2.45) is 7.05 Å². The van der Waals surface area contributed by atoms with Crippen LogP contribution in [0.2, 0.25) is 0 Å². The van der Waals surface area contributed by atoms with Gasteiger partial charge >= 0.3 is 0 Å². The first kappa shape index (κ1) is 14.4. The van der Waals surface area contributed by atoms with Gasteiger partial charge in [0.25, 0.3) is 0 Å². The molecule has 0 saturated heterocycles. The van der Waals surface area contributed by atoms with Crippen LogP contribution in [0.3, 0.4) is 0 Å². The molecule has 0 aliphatic heterocycles. The van der Waals surface area contributed by atoms with E-state index in [4.69, 9.17) is 0 Å². The van der Waals surface area contributed by atoms with E-state index in [1.807, 2.05) is 47.0 Å². The van der Waals surface area contributed by atoms with Gasteiger partial charge in [0.15, 0.2) is 11.6 Å². The number of hydrogen-bond donors (Lipinski definition) is 0.